The van der Waals surface area contributed by atoms with Gasteiger partial charge in [-0.15, -0.1) is 0 Å². The molecule has 0 aliphatic carbocycles. The second kappa shape index (κ2) is 34.9. The van der Waals surface area contributed by atoms with Crippen LogP contribution in [0.25, 0.3) is 0 Å². The van der Waals surface area contributed by atoms with Gasteiger partial charge < -0.3 is 64.2 Å². The smallest absolute Gasteiger partial charge is 0.306 e. The zero-order chi connectivity index (χ0) is 43.8. The van der Waals surface area contributed by atoms with Crippen molar-refractivity contribution >= 4 is 5.97 Å². The molecule has 0 amide bonds. The average Bonchev–Trinajstić information content (AvgIpc) is 3.24. The fraction of sp³-hybridized carbons (Fsp3) is 0.891. The third kappa shape index (κ3) is 23.2. The highest BCUT2D eigenvalue weighted by Crippen LogP contribution is 2.26. The van der Waals surface area contributed by atoms with E-state index in [1.807, 2.05) is 0 Å². The minimum atomic E-state index is -1.70. The van der Waals surface area contributed by atoms with E-state index in [9.17, 15) is 40.5 Å². The van der Waals surface area contributed by atoms with Crippen LogP contribution < -0.4 is 0 Å². The van der Waals surface area contributed by atoms with Crippen molar-refractivity contribution in [2.75, 3.05) is 33.0 Å². The Morgan fingerprint density at radius 2 is 1.05 bits per heavy atom. The standard InChI is InChI=1S/C46H84O14/c1-3-5-7-9-11-13-15-16-17-18-20-22-24-26-28-30-55-32-35(58-38(48)29-27-25-23-21-19-14-12-10-8-6-4-2)33-56-45-44(54)42(52)40(50)37(60-45)34-57-46-43(53)41(51)39(49)36(31-47)59-46/h9,11,15-16,35-37,39-47,49-54H,3-8,10,12-14,17-34H2,1-2H3/b11-9-,16-15-. The van der Waals surface area contributed by atoms with Gasteiger partial charge in [0.15, 0.2) is 12.6 Å². The number of aliphatic hydroxyl groups is 7. The lowest BCUT2D eigenvalue weighted by molar-refractivity contribution is -0.332. The van der Waals surface area contributed by atoms with Crippen molar-refractivity contribution in [3.8, 4) is 0 Å². The molecule has 7 N–H and O–H groups in total. The van der Waals surface area contributed by atoms with Crippen molar-refractivity contribution in [2.45, 2.75) is 229 Å². The third-order valence-electron chi connectivity index (χ3n) is 11.2. The molecule has 2 saturated heterocycles. The van der Waals surface area contributed by atoms with E-state index in [4.69, 9.17) is 28.4 Å². The predicted octanol–water partition coefficient (Wildman–Crippen LogP) is 5.68. The van der Waals surface area contributed by atoms with Crippen LogP contribution in [-0.2, 0) is 33.2 Å². The summed E-state index contributed by atoms with van der Waals surface area (Å²) in [6.07, 6.45) is 18.2. The normalized spacial score (nSPS) is 27.9. The topological polar surface area (TPSA) is 214 Å². The molecule has 0 radical (unpaired) electrons. The molecule has 2 aliphatic heterocycles. The van der Waals surface area contributed by atoms with Gasteiger partial charge in [-0.2, -0.15) is 0 Å². The Balaban J connectivity index is 1.81. The zero-order valence-electron chi connectivity index (χ0n) is 36.9. The number of carbonyl (C=O) groups is 1. The molecule has 14 nitrogen and oxygen atoms in total. The summed E-state index contributed by atoms with van der Waals surface area (Å²) in [6, 6.07) is 0. The molecule has 0 aromatic carbocycles. The molecule has 14 heteroatoms. The number of ether oxygens (including phenoxy) is 6. The SMILES string of the molecule is CCCC/C=C\C/C=C\CCCCCCCCOCC(COC1OC(COC2OC(CO)C(O)C(O)C2O)C(O)C(O)C1O)OC(=O)CCCCCCCCCCCCC. The van der Waals surface area contributed by atoms with Crippen LogP contribution in [0, 0.1) is 0 Å². The van der Waals surface area contributed by atoms with E-state index < -0.39 is 80.7 Å². The summed E-state index contributed by atoms with van der Waals surface area (Å²) in [7, 11) is 0. The van der Waals surface area contributed by atoms with Gasteiger partial charge in [-0.25, -0.2) is 0 Å². The van der Waals surface area contributed by atoms with Gasteiger partial charge in [-0.3, -0.25) is 4.79 Å². The summed E-state index contributed by atoms with van der Waals surface area (Å²) in [5.74, 6) is -0.382. The average molecular weight is 861 g/mol. The van der Waals surface area contributed by atoms with E-state index in [0.29, 0.717) is 13.0 Å². The first-order valence-corrected chi connectivity index (χ1v) is 23.4. The maximum atomic E-state index is 12.9. The van der Waals surface area contributed by atoms with E-state index in [-0.39, 0.29) is 25.6 Å². The Hall–Kier alpha value is -1.53. The zero-order valence-corrected chi connectivity index (χ0v) is 36.9. The van der Waals surface area contributed by atoms with Gasteiger partial charge in [-0.1, -0.05) is 141 Å². The molecule has 0 spiro atoms. The van der Waals surface area contributed by atoms with Crippen LogP contribution in [0.2, 0.25) is 0 Å². The minimum absolute atomic E-state index is 0.0573. The summed E-state index contributed by atoms with van der Waals surface area (Å²) >= 11 is 0. The lowest BCUT2D eigenvalue weighted by atomic mass is 9.98. The van der Waals surface area contributed by atoms with Crippen molar-refractivity contribution in [1.82, 2.24) is 0 Å². The highest BCUT2D eigenvalue weighted by atomic mass is 16.7. The molecule has 0 aromatic rings. The summed E-state index contributed by atoms with van der Waals surface area (Å²) in [5, 5.41) is 71.9. The Bertz CT molecular complexity index is 1090. The molecule has 352 valence electrons. The first kappa shape index (κ1) is 54.6. The van der Waals surface area contributed by atoms with Crippen LogP contribution in [0.4, 0.5) is 0 Å². The molecule has 0 aromatic heterocycles. The molecular weight excluding hydrogens is 776 g/mol. The first-order valence-electron chi connectivity index (χ1n) is 23.4. The number of hydrogen-bond acceptors (Lipinski definition) is 14. The van der Waals surface area contributed by atoms with E-state index in [0.717, 1.165) is 64.2 Å². The van der Waals surface area contributed by atoms with Gasteiger partial charge >= 0.3 is 5.97 Å². The largest absolute Gasteiger partial charge is 0.457 e. The van der Waals surface area contributed by atoms with E-state index in [1.54, 1.807) is 0 Å². The maximum Gasteiger partial charge on any atom is 0.306 e. The van der Waals surface area contributed by atoms with Crippen molar-refractivity contribution < 1.29 is 69.0 Å². The van der Waals surface area contributed by atoms with Gasteiger partial charge in [0.1, 0.15) is 54.9 Å². The second-order valence-electron chi connectivity index (χ2n) is 16.6. The molecule has 2 fully saturated rings. The highest BCUT2D eigenvalue weighted by molar-refractivity contribution is 5.69. The molecule has 0 bridgehead atoms. The number of allylic oxidation sites excluding steroid dienone is 4. The summed E-state index contributed by atoms with van der Waals surface area (Å²) < 4.78 is 34.1. The Morgan fingerprint density at radius 3 is 1.65 bits per heavy atom. The fourth-order valence-electron chi connectivity index (χ4n) is 7.30. The predicted molar refractivity (Wildman–Crippen MR) is 229 cm³/mol. The third-order valence-corrected chi connectivity index (χ3v) is 11.2. The Kier molecular flexibility index (Phi) is 31.8. The minimum Gasteiger partial charge on any atom is -0.457 e. The highest BCUT2D eigenvalue weighted by Gasteiger charge is 2.47. The van der Waals surface area contributed by atoms with Crippen LogP contribution >= 0.6 is 0 Å². The number of carbonyl (C=O) groups excluding carboxylic acids is 1. The number of rotatable bonds is 36. The van der Waals surface area contributed by atoms with Gasteiger partial charge in [0.2, 0.25) is 0 Å². The molecule has 0 saturated carbocycles. The molecule has 2 rings (SSSR count). The van der Waals surface area contributed by atoms with Gasteiger partial charge in [-0.05, 0) is 38.5 Å². The van der Waals surface area contributed by atoms with E-state index in [2.05, 4.69) is 38.2 Å². The molecule has 60 heavy (non-hydrogen) atoms. The fourth-order valence-corrected chi connectivity index (χ4v) is 7.30. The maximum absolute atomic E-state index is 12.9. The van der Waals surface area contributed by atoms with Crippen molar-refractivity contribution in [2.24, 2.45) is 0 Å². The van der Waals surface area contributed by atoms with Crippen LogP contribution in [0.5, 0.6) is 0 Å². The molecule has 11 unspecified atom stereocenters. The van der Waals surface area contributed by atoms with Crippen LogP contribution in [-0.4, -0.2) is 142 Å². The second-order valence-corrected chi connectivity index (χ2v) is 16.6. The van der Waals surface area contributed by atoms with Crippen LogP contribution in [0.1, 0.15) is 162 Å². The molecule has 2 aliphatic rings. The lowest BCUT2D eigenvalue weighted by Gasteiger charge is -2.42. The number of unbranched alkanes of at least 4 members (excludes halogenated alkanes) is 18. The van der Waals surface area contributed by atoms with Crippen molar-refractivity contribution in [1.29, 1.82) is 0 Å². The van der Waals surface area contributed by atoms with E-state index >= 15 is 0 Å². The Morgan fingerprint density at radius 1 is 0.550 bits per heavy atom. The molecule has 11 atom stereocenters. The van der Waals surface area contributed by atoms with Crippen LogP contribution in [0.3, 0.4) is 0 Å². The summed E-state index contributed by atoms with van der Waals surface area (Å²) in [5.41, 5.74) is 0. The van der Waals surface area contributed by atoms with E-state index in [1.165, 1.54) is 70.6 Å². The monoisotopic (exact) mass is 861 g/mol. The lowest BCUT2D eigenvalue weighted by Crippen LogP contribution is -2.61. The molecule has 2 heterocycles. The summed E-state index contributed by atoms with van der Waals surface area (Å²) in [4.78, 5) is 12.9. The van der Waals surface area contributed by atoms with Gasteiger partial charge in [0.25, 0.3) is 0 Å². The molecular formula is C46H84O14. The van der Waals surface area contributed by atoms with Gasteiger partial charge in [0, 0.05) is 13.0 Å². The van der Waals surface area contributed by atoms with Crippen LogP contribution in [0.15, 0.2) is 24.3 Å². The Labute approximate surface area is 360 Å². The van der Waals surface area contributed by atoms with Gasteiger partial charge in [0.05, 0.1) is 26.4 Å². The van der Waals surface area contributed by atoms with Crippen molar-refractivity contribution in [3.05, 3.63) is 24.3 Å². The number of hydrogen-bond donors (Lipinski definition) is 7. The number of esters is 1. The summed E-state index contributed by atoms with van der Waals surface area (Å²) in [6.45, 7) is 3.61. The first-order chi connectivity index (χ1) is 29.1. The number of aliphatic hydroxyl groups excluding tert-OH is 7. The quantitative estimate of drug-likeness (QED) is 0.0230. The van der Waals surface area contributed by atoms with Crippen molar-refractivity contribution in [3.63, 3.8) is 0 Å².